The number of thiophene rings is 1. The summed E-state index contributed by atoms with van der Waals surface area (Å²) in [5, 5.41) is 10.6. The van der Waals surface area contributed by atoms with Crippen LogP contribution < -0.4 is 5.32 Å². The maximum Gasteiger partial charge on any atom is 0.227 e. The lowest BCUT2D eigenvalue weighted by Crippen LogP contribution is -2.24. The van der Waals surface area contributed by atoms with Gasteiger partial charge in [-0.15, -0.1) is 11.3 Å². The van der Waals surface area contributed by atoms with Gasteiger partial charge < -0.3 is 10.3 Å². The van der Waals surface area contributed by atoms with Crippen molar-refractivity contribution in [1.29, 1.82) is 0 Å². The summed E-state index contributed by atoms with van der Waals surface area (Å²) in [6.07, 6.45) is 10.5. The van der Waals surface area contributed by atoms with E-state index >= 15 is 0 Å². The first-order valence-corrected chi connectivity index (χ1v) is 14.0. The smallest absolute Gasteiger partial charge is 0.227 e. The summed E-state index contributed by atoms with van der Waals surface area (Å²) in [6.45, 7) is 0. The van der Waals surface area contributed by atoms with Crippen LogP contribution in [-0.4, -0.2) is 41.0 Å². The highest BCUT2D eigenvalue weighted by molar-refractivity contribution is 7.19. The standard InChI is InChI=1S/C28H23ClN8OS/c29-22-9-8-21(39-22)18-10-11-31-26-23(18)34-27(35-26)25-24-20(36-37-25)7-6-19(33-24)16-12-17(14-30-13-16)32-28(38)15-4-2-1-3-5-15/h6-15H,1-5H2,(H,32,38)(H,36,37)(H,31,34,35). The first-order chi connectivity index (χ1) is 19.1. The van der Waals surface area contributed by atoms with E-state index in [2.05, 4.69) is 30.5 Å². The van der Waals surface area contributed by atoms with Crippen LogP contribution in [0.1, 0.15) is 32.1 Å². The number of H-pyrrole nitrogens is 2. The number of carbonyl (C=O) groups is 1. The number of amides is 1. The van der Waals surface area contributed by atoms with Gasteiger partial charge >= 0.3 is 0 Å². The third-order valence-corrected chi connectivity index (χ3v) is 8.40. The fourth-order valence-electron chi connectivity index (χ4n) is 5.17. The summed E-state index contributed by atoms with van der Waals surface area (Å²) >= 11 is 7.68. The van der Waals surface area contributed by atoms with E-state index in [4.69, 9.17) is 21.6 Å². The van der Waals surface area contributed by atoms with Crippen LogP contribution in [0.15, 0.2) is 55.0 Å². The molecule has 11 heteroatoms. The predicted octanol–water partition coefficient (Wildman–Crippen LogP) is 6.86. The Balaban J connectivity index is 1.22. The number of rotatable bonds is 5. The molecule has 3 N–H and O–H groups in total. The predicted molar refractivity (Wildman–Crippen MR) is 154 cm³/mol. The molecule has 1 aliphatic rings. The van der Waals surface area contributed by atoms with Gasteiger partial charge in [0.05, 0.1) is 32.9 Å². The molecule has 1 saturated carbocycles. The van der Waals surface area contributed by atoms with E-state index in [-0.39, 0.29) is 11.8 Å². The van der Waals surface area contributed by atoms with Gasteiger partial charge in [0.2, 0.25) is 5.91 Å². The van der Waals surface area contributed by atoms with Gasteiger partial charge in [-0.25, -0.2) is 15.0 Å². The zero-order valence-corrected chi connectivity index (χ0v) is 22.3. The number of anilines is 1. The number of halogens is 1. The van der Waals surface area contributed by atoms with Gasteiger partial charge in [0.15, 0.2) is 17.2 Å². The van der Waals surface area contributed by atoms with Crippen LogP contribution in [0, 0.1) is 5.92 Å². The van der Waals surface area contributed by atoms with Crippen molar-refractivity contribution in [3.63, 3.8) is 0 Å². The maximum absolute atomic E-state index is 12.8. The van der Waals surface area contributed by atoms with Crippen LogP contribution in [0.2, 0.25) is 4.34 Å². The number of nitrogens with zero attached hydrogens (tertiary/aromatic N) is 5. The molecule has 6 aromatic rings. The second-order valence-corrected chi connectivity index (χ2v) is 11.4. The highest BCUT2D eigenvalue weighted by Crippen LogP contribution is 2.36. The highest BCUT2D eigenvalue weighted by atomic mass is 35.5. The number of fused-ring (bicyclic) bond motifs is 2. The monoisotopic (exact) mass is 554 g/mol. The van der Waals surface area contributed by atoms with Crippen molar-refractivity contribution >= 4 is 56.7 Å². The average molecular weight is 555 g/mol. The molecule has 0 spiro atoms. The minimum atomic E-state index is 0.0665. The minimum Gasteiger partial charge on any atom is -0.335 e. The van der Waals surface area contributed by atoms with Crippen molar-refractivity contribution in [2.45, 2.75) is 32.1 Å². The topological polar surface area (TPSA) is 125 Å². The Hall–Kier alpha value is -4.15. The van der Waals surface area contributed by atoms with Crippen LogP contribution in [0.25, 0.3) is 55.4 Å². The van der Waals surface area contributed by atoms with Crippen molar-refractivity contribution < 1.29 is 4.79 Å². The van der Waals surface area contributed by atoms with Crippen LogP contribution in [0.4, 0.5) is 5.69 Å². The van der Waals surface area contributed by atoms with E-state index < -0.39 is 0 Å². The van der Waals surface area contributed by atoms with E-state index in [1.54, 1.807) is 18.6 Å². The molecule has 0 unspecified atom stereocenters. The number of pyridine rings is 3. The van der Waals surface area contributed by atoms with E-state index in [0.717, 1.165) is 62.8 Å². The first kappa shape index (κ1) is 23.9. The normalized spacial score (nSPS) is 14.3. The van der Waals surface area contributed by atoms with E-state index in [9.17, 15) is 4.79 Å². The average Bonchev–Trinajstić information content (AvgIpc) is 3.71. The number of carbonyl (C=O) groups excluding carboxylic acids is 1. The van der Waals surface area contributed by atoms with Gasteiger partial charge in [-0.1, -0.05) is 30.9 Å². The molecule has 1 fully saturated rings. The Kier molecular flexibility index (Phi) is 6.05. The molecule has 9 nitrogen and oxygen atoms in total. The van der Waals surface area contributed by atoms with Gasteiger partial charge in [0.1, 0.15) is 5.52 Å². The molecule has 7 rings (SSSR count). The minimum absolute atomic E-state index is 0.0665. The molecule has 0 radical (unpaired) electrons. The SMILES string of the molecule is O=C(Nc1cncc(-c2ccc3[nH]nc(-c4nc5nccc(-c6ccc(Cl)s6)c5[nH]4)c3n2)c1)C1CCCCC1. The Bertz CT molecular complexity index is 1830. The Labute approximate surface area is 232 Å². The van der Waals surface area contributed by atoms with Crippen molar-refractivity contribution in [3.8, 4) is 33.2 Å². The number of nitrogens with one attached hydrogen (secondary N) is 3. The summed E-state index contributed by atoms with van der Waals surface area (Å²) in [5.74, 6) is 0.702. The molecule has 0 aromatic carbocycles. The van der Waals surface area contributed by atoms with Gasteiger partial charge in [-0.2, -0.15) is 5.10 Å². The molecular weight excluding hydrogens is 532 g/mol. The molecule has 0 saturated heterocycles. The molecule has 1 amide bonds. The lowest BCUT2D eigenvalue weighted by molar-refractivity contribution is -0.120. The Morgan fingerprint density at radius 1 is 1.05 bits per heavy atom. The number of aromatic amines is 2. The Morgan fingerprint density at radius 3 is 2.79 bits per heavy atom. The highest BCUT2D eigenvalue weighted by Gasteiger charge is 2.22. The van der Waals surface area contributed by atoms with Gasteiger partial charge in [-0.05, 0) is 49.2 Å². The summed E-state index contributed by atoms with van der Waals surface area (Å²) in [5.41, 5.74) is 6.60. The maximum atomic E-state index is 12.8. The molecule has 1 aliphatic carbocycles. The van der Waals surface area contributed by atoms with Crippen LogP contribution in [0.5, 0.6) is 0 Å². The number of aromatic nitrogens is 7. The largest absolute Gasteiger partial charge is 0.335 e. The quantitative estimate of drug-likeness (QED) is 0.214. The summed E-state index contributed by atoms with van der Waals surface area (Å²) in [7, 11) is 0. The zero-order valence-electron chi connectivity index (χ0n) is 20.7. The molecule has 6 aromatic heterocycles. The molecule has 0 atom stereocenters. The van der Waals surface area contributed by atoms with Crippen molar-refractivity contribution in [3.05, 3.63) is 59.3 Å². The van der Waals surface area contributed by atoms with Crippen LogP contribution >= 0.6 is 22.9 Å². The summed E-state index contributed by atoms with van der Waals surface area (Å²) in [6, 6.07) is 11.6. The van der Waals surface area contributed by atoms with Crippen molar-refractivity contribution in [1.82, 2.24) is 35.1 Å². The summed E-state index contributed by atoms with van der Waals surface area (Å²) in [4.78, 5) is 35.6. The number of hydrogen-bond donors (Lipinski definition) is 3. The molecule has 194 valence electrons. The molecule has 6 heterocycles. The van der Waals surface area contributed by atoms with Crippen molar-refractivity contribution in [2.24, 2.45) is 5.92 Å². The van der Waals surface area contributed by atoms with E-state index in [0.29, 0.717) is 28.4 Å². The van der Waals surface area contributed by atoms with E-state index in [1.165, 1.54) is 17.8 Å². The molecule has 0 bridgehead atoms. The van der Waals surface area contributed by atoms with Gasteiger partial charge in [-0.3, -0.25) is 14.9 Å². The zero-order chi connectivity index (χ0) is 26.3. The fourth-order valence-corrected chi connectivity index (χ4v) is 6.24. The van der Waals surface area contributed by atoms with Crippen LogP contribution in [0.3, 0.4) is 0 Å². The summed E-state index contributed by atoms with van der Waals surface area (Å²) < 4.78 is 0.719. The lowest BCUT2D eigenvalue weighted by Gasteiger charge is -2.20. The molecular formula is C28H23ClN8OS. The number of hydrogen-bond acceptors (Lipinski definition) is 7. The Morgan fingerprint density at radius 2 is 1.95 bits per heavy atom. The number of imidazole rings is 1. The third-order valence-electron chi connectivity index (χ3n) is 7.14. The lowest BCUT2D eigenvalue weighted by atomic mass is 9.88. The van der Waals surface area contributed by atoms with Crippen molar-refractivity contribution in [2.75, 3.05) is 5.32 Å². The first-order valence-electron chi connectivity index (χ1n) is 12.8. The van der Waals surface area contributed by atoms with Crippen LogP contribution in [-0.2, 0) is 4.79 Å². The second kappa shape index (κ2) is 9.87. The van der Waals surface area contributed by atoms with Gasteiger partial charge in [0, 0.05) is 34.3 Å². The molecule has 39 heavy (non-hydrogen) atoms. The van der Waals surface area contributed by atoms with E-state index in [1.807, 2.05) is 36.4 Å². The second-order valence-electron chi connectivity index (χ2n) is 9.70. The fraction of sp³-hybridized carbons (Fsp3) is 0.214. The molecule has 0 aliphatic heterocycles. The van der Waals surface area contributed by atoms with Gasteiger partial charge in [0.25, 0.3) is 0 Å². The third kappa shape index (κ3) is 4.55.